The zero-order valence-corrected chi connectivity index (χ0v) is 9.27. The average Bonchev–Trinajstić information content (AvgIpc) is 2.13. The molecule has 16 heavy (non-hydrogen) atoms. The number of rotatable bonds is 4. The van der Waals surface area contributed by atoms with Crippen LogP contribution in [-0.4, -0.2) is 41.2 Å². The van der Waals surface area contributed by atoms with E-state index in [0.717, 1.165) is 5.75 Å². The Morgan fingerprint density at radius 1 is 1.44 bits per heavy atom. The number of hydrogen-bond acceptors (Lipinski definition) is 4. The molecule has 0 fully saturated rings. The Labute approximate surface area is 94.4 Å². The predicted molar refractivity (Wildman–Crippen MR) is 53.9 cm³/mol. The number of primary amides is 1. The van der Waals surface area contributed by atoms with Crippen LogP contribution in [0.4, 0.5) is 13.2 Å². The lowest BCUT2D eigenvalue weighted by Gasteiger charge is -2.03. The summed E-state index contributed by atoms with van der Waals surface area (Å²) < 4.78 is 31.7. The van der Waals surface area contributed by atoms with E-state index < -0.39 is 24.1 Å². The summed E-state index contributed by atoms with van der Waals surface area (Å²) >= 11 is 1.66. The number of carboxylic acids is 1. The summed E-state index contributed by atoms with van der Waals surface area (Å²) in [7, 11) is 0. The third kappa shape index (κ3) is 11.1. The van der Waals surface area contributed by atoms with Crippen molar-refractivity contribution in [3.8, 4) is 0 Å². The van der Waals surface area contributed by atoms with Crippen LogP contribution >= 0.6 is 11.8 Å². The maximum absolute atomic E-state index is 10.6. The average molecular weight is 262 g/mol. The first-order valence-electron chi connectivity index (χ1n) is 3.96. The van der Waals surface area contributed by atoms with E-state index in [9.17, 15) is 18.0 Å². The van der Waals surface area contributed by atoms with Crippen LogP contribution in [0.3, 0.4) is 0 Å². The molecule has 0 heterocycles. The summed E-state index contributed by atoms with van der Waals surface area (Å²) in [6.07, 6.45) is -2.44. The molecule has 0 spiro atoms. The van der Waals surface area contributed by atoms with E-state index >= 15 is 0 Å². The zero-order chi connectivity index (χ0) is 13.4. The van der Waals surface area contributed by atoms with Crippen LogP contribution in [0.5, 0.6) is 0 Å². The van der Waals surface area contributed by atoms with Crippen LogP contribution in [0.1, 0.15) is 6.42 Å². The fraction of sp³-hybridized carbons (Fsp3) is 0.714. The van der Waals surface area contributed by atoms with Crippen molar-refractivity contribution in [2.24, 2.45) is 11.5 Å². The number of hydrogen-bond donors (Lipinski definition) is 3. The van der Waals surface area contributed by atoms with Gasteiger partial charge < -0.3 is 16.6 Å². The minimum Gasteiger partial charge on any atom is -0.475 e. The summed E-state index contributed by atoms with van der Waals surface area (Å²) in [6, 6.07) is -0.461. The fourth-order valence-corrected chi connectivity index (χ4v) is 0.877. The van der Waals surface area contributed by atoms with Crippen LogP contribution in [0.25, 0.3) is 0 Å². The van der Waals surface area contributed by atoms with Gasteiger partial charge in [-0.2, -0.15) is 24.9 Å². The van der Waals surface area contributed by atoms with Crippen molar-refractivity contribution < 1.29 is 27.9 Å². The number of carbonyl (C=O) groups excluding carboxylic acids is 1. The van der Waals surface area contributed by atoms with Crippen molar-refractivity contribution in [1.29, 1.82) is 0 Å². The quantitative estimate of drug-likeness (QED) is 0.670. The lowest BCUT2D eigenvalue weighted by atomic mass is 10.2. The van der Waals surface area contributed by atoms with Gasteiger partial charge in [-0.1, -0.05) is 0 Å². The van der Waals surface area contributed by atoms with E-state index in [1.807, 2.05) is 6.26 Å². The molecule has 0 radical (unpaired) electrons. The number of alkyl halides is 3. The van der Waals surface area contributed by atoms with Crippen molar-refractivity contribution in [2.75, 3.05) is 12.0 Å². The number of halogens is 3. The molecule has 0 saturated carbocycles. The van der Waals surface area contributed by atoms with Crippen LogP contribution < -0.4 is 11.5 Å². The standard InChI is InChI=1S/C5H12N2OS.C2HF3O2/c1-9-3-2-4(6)5(7)8;3-2(4,5)1(6)7/h4H,2-3,6H2,1H3,(H2,7,8);(H,6,7)/t4-;/m0./s1. The summed E-state index contributed by atoms with van der Waals surface area (Å²) in [6.45, 7) is 0. The first-order valence-corrected chi connectivity index (χ1v) is 5.36. The van der Waals surface area contributed by atoms with Crippen molar-refractivity contribution in [2.45, 2.75) is 18.6 Å². The van der Waals surface area contributed by atoms with Crippen LogP contribution in [0.2, 0.25) is 0 Å². The van der Waals surface area contributed by atoms with Gasteiger partial charge in [-0.25, -0.2) is 4.79 Å². The molecule has 0 aliphatic rings. The molecule has 0 aromatic rings. The largest absolute Gasteiger partial charge is 0.490 e. The van der Waals surface area contributed by atoms with Gasteiger partial charge in [0.2, 0.25) is 5.91 Å². The highest BCUT2D eigenvalue weighted by atomic mass is 32.2. The molecule has 5 N–H and O–H groups in total. The van der Waals surface area contributed by atoms with Gasteiger partial charge in [0, 0.05) is 0 Å². The van der Waals surface area contributed by atoms with E-state index in [1.165, 1.54) is 0 Å². The van der Waals surface area contributed by atoms with Gasteiger partial charge in [-0.15, -0.1) is 0 Å². The van der Waals surface area contributed by atoms with E-state index in [2.05, 4.69) is 0 Å². The van der Waals surface area contributed by atoms with Crippen LogP contribution in [-0.2, 0) is 9.59 Å². The van der Waals surface area contributed by atoms with Gasteiger partial charge in [-0.05, 0) is 18.4 Å². The van der Waals surface area contributed by atoms with E-state index in [1.54, 1.807) is 11.8 Å². The Balaban J connectivity index is 0. The molecule has 1 atom stereocenters. The third-order valence-corrected chi connectivity index (χ3v) is 1.88. The highest BCUT2D eigenvalue weighted by molar-refractivity contribution is 7.98. The van der Waals surface area contributed by atoms with Crippen molar-refractivity contribution in [1.82, 2.24) is 0 Å². The first kappa shape index (κ1) is 17.4. The molecule has 0 rings (SSSR count). The molecule has 0 saturated heterocycles. The van der Waals surface area contributed by atoms with E-state index in [-0.39, 0.29) is 0 Å². The zero-order valence-electron chi connectivity index (χ0n) is 8.45. The number of thioether (sulfide) groups is 1. The van der Waals surface area contributed by atoms with Crippen molar-refractivity contribution in [3.05, 3.63) is 0 Å². The predicted octanol–water partition coefficient (Wildman–Crippen LogP) is 0.185. The smallest absolute Gasteiger partial charge is 0.475 e. The molecule has 0 aromatic carbocycles. The highest BCUT2D eigenvalue weighted by Gasteiger charge is 2.38. The molecular formula is C7H13F3N2O3S. The second kappa shape index (κ2) is 8.22. The molecule has 96 valence electrons. The Morgan fingerprint density at radius 3 is 2.00 bits per heavy atom. The van der Waals surface area contributed by atoms with Crippen molar-refractivity contribution in [3.63, 3.8) is 0 Å². The number of amides is 1. The maximum atomic E-state index is 10.6. The molecule has 0 aromatic heterocycles. The minimum atomic E-state index is -5.08. The minimum absolute atomic E-state index is 0.413. The number of carbonyl (C=O) groups is 2. The molecule has 0 bridgehead atoms. The number of nitrogens with two attached hydrogens (primary N) is 2. The second-order valence-corrected chi connectivity index (χ2v) is 3.58. The van der Waals surface area contributed by atoms with Gasteiger partial charge in [0.25, 0.3) is 0 Å². The number of aliphatic carboxylic acids is 1. The first-order chi connectivity index (χ1) is 7.12. The van der Waals surface area contributed by atoms with E-state index in [4.69, 9.17) is 21.4 Å². The Kier molecular flexibility index (Phi) is 8.96. The summed E-state index contributed by atoms with van der Waals surface area (Å²) in [5.41, 5.74) is 10.2. The molecule has 0 aliphatic carbocycles. The molecular weight excluding hydrogens is 249 g/mol. The number of carboxylic acid groups (broad SMARTS) is 1. The summed E-state index contributed by atoms with van der Waals surface area (Å²) in [4.78, 5) is 19.2. The monoisotopic (exact) mass is 262 g/mol. The topological polar surface area (TPSA) is 106 Å². The summed E-state index contributed by atoms with van der Waals surface area (Å²) in [5.74, 6) is -2.28. The molecule has 0 aliphatic heterocycles. The van der Waals surface area contributed by atoms with Crippen molar-refractivity contribution >= 4 is 23.6 Å². The van der Waals surface area contributed by atoms with Gasteiger partial charge >= 0.3 is 12.1 Å². The van der Waals surface area contributed by atoms with Gasteiger partial charge in [-0.3, -0.25) is 4.79 Å². The Hall–Kier alpha value is -0.960. The second-order valence-electron chi connectivity index (χ2n) is 2.59. The Morgan fingerprint density at radius 2 is 1.81 bits per heavy atom. The molecule has 9 heteroatoms. The lowest BCUT2D eigenvalue weighted by molar-refractivity contribution is -0.192. The van der Waals surface area contributed by atoms with Gasteiger partial charge in [0.1, 0.15) is 0 Å². The highest BCUT2D eigenvalue weighted by Crippen LogP contribution is 2.13. The van der Waals surface area contributed by atoms with Gasteiger partial charge in [0.15, 0.2) is 0 Å². The maximum Gasteiger partial charge on any atom is 0.490 e. The molecule has 1 amide bonds. The molecule has 5 nitrogen and oxygen atoms in total. The fourth-order valence-electron chi connectivity index (χ4n) is 0.387. The normalized spacial score (nSPS) is 12.3. The van der Waals surface area contributed by atoms with Gasteiger partial charge in [0.05, 0.1) is 6.04 Å². The third-order valence-electron chi connectivity index (χ3n) is 1.24. The summed E-state index contributed by atoms with van der Waals surface area (Å²) in [5, 5.41) is 7.12. The SMILES string of the molecule is CSCC[C@H](N)C(N)=O.O=C(O)C(F)(F)F. The van der Waals surface area contributed by atoms with Crippen LogP contribution in [0.15, 0.2) is 0 Å². The van der Waals surface area contributed by atoms with Crippen LogP contribution in [0, 0.1) is 0 Å². The Bertz CT molecular complexity index is 235. The lowest BCUT2D eigenvalue weighted by Crippen LogP contribution is -2.36. The molecule has 0 unspecified atom stereocenters. The van der Waals surface area contributed by atoms with E-state index in [0.29, 0.717) is 6.42 Å².